The van der Waals surface area contributed by atoms with E-state index in [0.717, 1.165) is 16.6 Å². The van der Waals surface area contributed by atoms with Gasteiger partial charge in [0.15, 0.2) is 0 Å². The van der Waals surface area contributed by atoms with Gasteiger partial charge in [-0.25, -0.2) is 4.39 Å². The van der Waals surface area contributed by atoms with E-state index >= 15 is 0 Å². The summed E-state index contributed by atoms with van der Waals surface area (Å²) in [4.78, 5) is 0. The number of benzene rings is 1. The average Bonchev–Trinajstić information content (AvgIpc) is 2.86. The predicted molar refractivity (Wildman–Crippen MR) is 77.8 cm³/mol. The SMILES string of the molecule is NC(CSC1CCCC1)Cc1cccc(F)c1Cl. The Kier molecular flexibility index (Phi) is 5.34. The van der Waals surface area contributed by atoms with Crippen molar-refractivity contribution >= 4 is 23.4 Å². The first-order valence-electron chi connectivity index (χ1n) is 6.47. The molecular formula is C14H19ClFNS. The van der Waals surface area contributed by atoms with Crippen molar-refractivity contribution in [1.82, 2.24) is 0 Å². The summed E-state index contributed by atoms with van der Waals surface area (Å²) >= 11 is 7.89. The second kappa shape index (κ2) is 6.78. The van der Waals surface area contributed by atoms with Gasteiger partial charge in [0.05, 0.1) is 5.02 Å². The molecule has 0 aliphatic heterocycles. The van der Waals surface area contributed by atoms with Gasteiger partial charge in [-0.2, -0.15) is 11.8 Å². The van der Waals surface area contributed by atoms with Crippen LogP contribution in [0.5, 0.6) is 0 Å². The van der Waals surface area contributed by atoms with Gasteiger partial charge in [-0.3, -0.25) is 0 Å². The van der Waals surface area contributed by atoms with Crippen molar-refractivity contribution < 1.29 is 4.39 Å². The van der Waals surface area contributed by atoms with E-state index in [0.29, 0.717) is 6.42 Å². The molecule has 1 atom stereocenters. The van der Waals surface area contributed by atoms with Gasteiger partial charge >= 0.3 is 0 Å². The minimum Gasteiger partial charge on any atom is -0.327 e. The van der Waals surface area contributed by atoms with Gasteiger partial charge in [0.2, 0.25) is 0 Å². The van der Waals surface area contributed by atoms with Crippen molar-refractivity contribution in [2.45, 2.75) is 43.4 Å². The lowest BCUT2D eigenvalue weighted by atomic mass is 10.1. The molecule has 100 valence electrons. The maximum absolute atomic E-state index is 13.3. The third kappa shape index (κ3) is 3.87. The molecule has 0 amide bonds. The van der Waals surface area contributed by atoms with Crippen LogP contribution in [0.25, 0.3) is 0 Å². The van der Waals surface area contributed by atoms with Crippen LogP contribution < -0.4 is 5.73 Å². The van der Waals surface area contributed by atoms with Gasteiger partial charge in [-0.05, 0) is 30.9 Å². The molecule has 0 bridgehead atoms. The fourth-order valence-corrected chi connectivity index (χ4v) is 3.87. The Hall–Kier alpha value is -0.250. The van der Waals surface area contributed by atoms with E-state index in [1.165, 1.54) is 31.7 Å². The topological polar surface area (TPSA) is 26.0 Å². The first kappa shape index (κ1) is 14.2. The zero-order valence-electron chi connectivity index (χ0n) is 10.4. The maximum Gasteiger partial charge on any atom is 0.142 e. The number of hydrogen-bond acceptors (Lipinski definition) is 2. The van der Waals surface area contributed by atoms with Gasteiger partial charge in [0, 0.05) is 17.0 Å². The Morgan fingerprint density at radius 3 is 2.83 bits per heavy atom. The summed E-state index contributed by atoms with van der Waals surface area (Å²) < 4.78 is 13.3. The summed E-state index contributed by atoms with van der Waals surface area (Å²) in [6, 6.07) is 4.97. The lowest BCUT2D eigenvalue weighted by Crippen LogP contribution is -2.26. The van der Waals surface area contributed by atoms with Crippen molar-refractivity contribution in [2.24, 2.45) is 5.73 Å². The Morgan fingerprint density at radius 2 is 2.11 bits per heavy atom. The molecule has 2 N–H and O–H groups in total. The molecule has 0 spiro atoms. The molecule has 0 heterocycles. The van der Waals surface area contributed by atoms with E-state index in [9.17, 15) is 4.39 Å². The van der Waals surface area contributed by atoms with Gasteiger partial charge < -0.3 is 5.73 Å². The normalized spacial score (nSPS) is 18.2. The van der Waals surface area contributed by atoms with E-state index in [1.54, 1.807) is 6.07 Å². The summed E-state index contributed by atoms with van der Waals surface area (Å²) in [5.74, 6) is 0.571. The number of rotatable bonds is 5. The van der Waals surface area contributed by atoms with Gasteiger partial charge in [-0.15, -0.1) is 0 Å². The van der Waals surface area contributed by atoms with E-state index in [-0.39, 0.29) is 16.9 Å². The van der Waals surface area contributed by atoms with Gasteiger partial charge in [-0.1, -0.05) is 36.6 Å². The predicted octanol–water partition coefficient (Wildman–Crippen LogP) is 4.02. The monoisotopic (exact) mass is 287 g/mol. The Balaban J connectivity index is 1.82. The smallest absolute Gasteiger partial charge is 0.142 e. The van der Waals surface area contributed by atoms with Crippen LogP contribution in [0.4, 0.5) is 4.39 Å². The zero-order chi connectivity index (χ0) is 13.0. The highest BCUT2D eigenvalue weighted by atomic mass is 35.5. The first-order chi connectivity index (χ1) is 8.66. The molecule has 1 nitrogen and oxygen atoms in total. The molecule has 1 aromatic carbocycles. The highest BCUT2D eigenvalue weighted by molar-refractivity contribution is 7.99. The van der Waals surface area contributed by atoms with Gasteiger partial charge in [0.1, 0.15) is 5.82 Å². The minimum atomic E-state index is -0.357. The average molecular weight is 288 g/mol. The van der Waals surface area contributed by atoms with Crippen molar-refractivity contribution in [3.63, 3.8) is 0 Å². The number of hydrogen-bond donors (Lipinski definition) is 1. The molecular weight excluding hydrogens is 269 g/mol. The number of halogens is 2. The largest absolute Gasteiger partial charge is 0.327 e. The zero-order valence-corrected chi connectivity index (χ0v) is 11.9. The van der Waals surface area contributed by atoms with Crippen molar-refractivity contribution in [1.29, 1.82) is 0 Å². The van der Waals surface area contributed by atoms with E-state index in [4.69, 9.17) is 17.3 Å². The standard InChI is InChI=1S/C14H19ClFNS/c15-14-10(4-3-7-13(14)16)8-11(17)9-18-12-5-1-2-6-12/h3-4,7,11-12H,1-2,5-6,8-9,17H2. The summed E-state index contributed by atoms with van der Waals surface area (Å²) in [6.45, 7) is 0. The second-order valence-electron chi connectivity index (χ2n) is 4.92. The molecule has 1 fully saturated rings. The molecule has 1 saturated carbocycles. The Labute approximate surface area is 117 Å². The lowest BCUT2D eigenvalue weighted by Gasteiger charge is -2.15. The van der Waals surface area contributed by atoms with Crippen LogP contribution in [0.2, 0.25) is 5.02 Å². The molecule has 0 saturated heterocycles. The Morgan fingerprint density at radius 1 is 1.39 bits per heavy atom. The molecule has 0 aromatic heterocycles. The molecule has 1 aliphatic carbocycles. The fraction of sp³-hybridized carbons (Fsp3) is 0.571. The Bertz CT molecular complexity index is 393. The maximum atomic E-state index is 13.3. The molecule has 18 heavy (non-hydrogen) atoms. The highest BCUT2D eigenvalue weighted by Crippen LogP contribution is 2.30. The van der Waals surface area contributed by atoms with Crippen molar-refractivity contribution in [3.8, 4) is 0 Å². The summed E-state index contributed by atoms with van der Waals surface area (Å²) in [5, 5.41) is 0.998. The van der Waals surface area contributed by atoms with Crippen LogP contribution in [0, 0.1) is 5.82 Å². The molecule has 1 aromatic rings. The second-order valence-corrected chi connectivity index (χ2v) is 6.63. The summed E-state index contributed by atoms with van der Waals surface area (Å²) in [6.07, 6.45) is 5.98. The van der Waals surface area contributed by atoms with E-state index < -0.39 is 0 Å². The molecule has 4 heteroatoms. The van der Waals surface area contributed by atoms with Crippen molar-refractivity contribution in [3.05, 3.63) is 34.6 Å². The molecule has 1 unspecified atom stereocenters. The first-order valence-corrected chi connectivity index (χ1v) is 7.89. The highest BCUT2D eigenvalue weighted by Gasteiger charge is 2.17. The number of thioether (sulfide) groups is 1. The van der Waals surface area contributed by atoms with Crippen LogP contribution in [0.3, 0.4) is 0 Å². The van der Waals surface area contributed by atoms with Crippen LogP contribution in [0.1, 0.15) is 31.2 Å². The van der Waals surface area contributed by atoms with Crippen molar-refractivity contribution in [2.75, 3.05) is 5.75 Å². The molecule has 0 radical (unpaired) electrons. The van der Waals surface area contributed by atoms with E-state index in [2.05, 4.69) is 0 Å². The van der Waals surface area contributed by atoms with Crippen LogP contribution >= 0.6 is 23.4 Å². The number of nitrogens with two attached hydrogens (primary N) is 1. The summed E-state index contributed by atoms with van der Waals surface area (Å²) in [7, 11) is 0. The molecule has 2 rings (SSSR count). The van der Waals surface area contributed by atoms with Crippen LogP contribution in [-0.4, -0.2) is 17.0 Å². The van der Waals surface area contributed by atoms with Gasteiger partial charge in [0.25, 0.3) is 0 Å². The van der Waals surface area contributed by atoms with E-state index in [1.807, 2.05) is 17.8 Å². The molecule has 1 aliphatic rings. The quantitative estimate of drug-likeness (QED) is 0.885. The van der Waals surface area contributed by atoms with Crippen LogP contribution in [0.15, 0.2) is 18.2 Å². The van der Waals surface area contributed by atoms with Crippen LogP contribution in [-0.2, 0) is 6.42 Å². The fourth-order valence-electron chi connectivity index (χ4n) is 2.36. The summed E-state index contributed by atoms with van der Waals surface area (Å²) in [5.41, 5.74) is 6.92. The minimum absolute atomic E-state index is 0.0508. The lowest BCUT2D eigenvalue weighted by molar-refractivity contribution is 0.623. The third-order valence-corrected chi connectivity index (χ3v) is 5.35. The third-order valence-electron chi connectivity index (χ3n) is 3.36.